The average Bonchev–Trinajstić information content (AvgIpc) is 2.75. The van der Waals surface area contributed by atoms with Crippen LogP contribution in [-0.2, 0) is 13.1 Å². The van der Waals surface area contributed by atoms with Gasteiger partial charge in [-0.2, -0.15) is 4.98 Å². The van der Waals surface area contributed by atoms with Crippen molar-refractivity contribution >= 4 is 0 Å². The van der Waals surface area contributed by atoms with Crippen molar-refractivity contribution in [2.75, 3.05) is 0 Å². The van der Waals surface area contributed by atoms with E-state index in [0.29, 0.717) is 30.7 Å². The van der Waals surface area contributed by atoms with Crippen LogP contribution in [0.2, 0.25) is 0 Å². The molecular formula is C10H14N4O2. The highest BCUT2D eigenvalue weighted by Gasteiger charge is 2.06. The third kappa shape index (κ3) is 2.46. The smallest absolute Gasteiger partial charge is 0.240 e. The van der Waals surface area contributed by atoms with Gasteiger partial charge in [0.25, 0.3) is 0 Å². The van der Waals surface area contributed by atoms with Gasteiger partial charge in [0.15, 0.2) is 5.82 Å². The normalized spacial score (nSPS) is 10.9. The Morgan fingerprint density at radius 1 is 1.06 bits per heavy atom. The minimum atomic E-state index is 0.515. The Morgan fingerprint density at radius 3 is 2.38 bits per heavy atom. The van der Waals surface area contributed by atoms with E-state index in [2.05, 4.69) is 20.4 Å². The highest BCUT2D eigenvalue weighted by molar-refractivity contribution is 5.05. The minimum Gasteiger partial charge on any atom is -0.444 e. The van der Waals surface area contributed by atoms with Crippen LogP contribution in [0.5, 0.6) is 0 Å². The van der Waals surface area contributed by atoms with Gasteiger partial charge in [-0.3, -0.25) is 5.32 Å². The molecule has 2 aromatic heterocycles. The summed E-state index contributed by atoms with van der Waals surface area (Å²) in [5, 5.41) is 6.81. The molecule has 6 heteroatoms. The first-order chi connectivity index (χ1) is 7.65. The Kier molecular flexibility index (Phi) is 3.00. The average molecular weight is 222 g/mol. The fraction of sp³-hybridized carbons (Fsp3) is 0.500. The maximum absolute atomic E-state index is 5.42. The zero-order valence-electron chi connectivity index (χ0n) is 9.57. The molecule has 0 aromatic carbocycles. The third-order valence-electron chi connectivity index (χ3n) is 2.19. The van der Waals surface area contributed by atoms with Crippen LogP contribution < -0.4 is 5.32 Å². The predicted octanol–water partition coefficient (Wildman–Crippen LogP) is 1.27. The SMILES string of the molecule is Cc1noc(CNCc2nc(C)c(C)o2)n1. The van der Waals surface area contributed by atoms with E-state index in [9.17, 15) is 0 Å². The van der Waals surface area contributed by atoms with Crippen molar-refractivity contribution in [1.29, 1.82) is 0 Å². The van der Waals surface area contributed by atoms with Gasteiger partial charge in [0.1, 0.15) is 5.76 Å². The summed E-state index contributed by atoms with van der Waals surface area (Å²) >= 11 is 0. The van der Waals surface area contributed by atoms with Gasteiger partial charge in [-0.15, -0.1) is 0 Å². The second kappa shape index (κ2) is 4.44. The summed E-state index contributed by atoms with van der Waals surface area (Å²) in [6, 6.07) is 0. The van der Waals surface area contributed by atoms with Crippen LogP contribution in [0.25, 0.3) is 0 Å². The van der Waals surface area contributed by atoms with E-state index in [4.69, 9.17) is 8.94 Å². The summed E-state index contributed by atoms with van der Waals surface area (Å²) in [5.41, 5.74) is 0.922. The number of hydrogen-bond acceptors (Lipinski definition) is 6. The minimum absolute atomic E-state index is 0.515. The Labute approximate surface area is 93.1 Å². The van der Waals surface area contributed by atoms with Crippen molar-refractivity contribution in [2.45, 2.75) is 33.9 Å². The van der Waals surface area contributed by atoms with Crippen molar-refractivity contribution in [1.82, 2.24) is 20.4 Å². The highest BCUT2D eigenvalue weighted by Crippen LogP contribution is 2.07. The molecule has 2 aromatic rings. The molecule has 0 aliphatic heterocycles. The van der Waals surface area contributed by atoms with Gasteiger partial charge in [-0.25, -0.2) is 4.98 Å². The van der Waals surface area contributed by atoms with E-state index < -0.39 is 0 Å². The van der Waals surface area contributed by atoms with Gasteiger partial charge in [-0.1, -0.05) is 5.16 Å². The molecule has 0 fully saturated rings. The molecule has 0 saturated heterocycles. The van der Waals surface area contributed by atoms with Crippen molar-refractivity contribution in [2.24, 2.45) is 0 Å². The first-order valence-electron chi connectivity index (χ1n) is 5.08. The number of nitrogens with one attached hydrogen (secondary N) is 1. The fourth-order valence-electron chi connectivity index (χ4n) is 1.30. The molecule has 0 aliphatic carbocycles. The zero-order chi connectivity index (χ0) is 11.5. The van der Waals surface area contributed by atoms with Gasteiger partial charge in [-0.05, 0) is 20.8 Å². The van der Waals surface area contributed by atoms with Crippen molar-refractivity contribution in [3.63, 3.8) is 0 Å². The molecule has 2 rings (SSSR count). The van der Waals surface area contributed by atoms with Gasteiger partial charge < -0.3 is 8.94 Å². The summed E-state index contributed by atoms with van der Waals surface area (Å²) in [6.45, 7) is 6.67. The number of oxazole rings is 1. The lowest BCUT2D eigenvalue weighted by Gasteiger charge is -1.96. The van der Waals surface area contributed by atoms with Crippen LogP contribution in [0.1, 0.15) is 29.1 Å². The first-order valence-corrected chi connectivity index (χ1v) is 5.08. The molecule has 0 amide bonds. The molecule has 6 nitrogen and oxygen atoms in total. The molecule has 0 bridgehead atoms. The maximum Gasteiger partial charge on any atom is 0.240 e. The molecular weight excluding hydrogens is 208 g/mol. The monoisotopic (exact) mass is 222 g/mol. The number of hydrogen-bond donors (Lipinski definition) is 1. The van der Waals surface area contributed by atoms with E-state index in [0.717, 1.165) is 11.5 Å². The molecule has 0 saturated carbocycles. The summed E-state index contributed by atoms with van der Waals surface area (Å²) in [4.78, 5) is 8.32. The largest absolute Gasteiger partial charge is 0.444 e. The topological polar surface area (TPSA) is 77.0 Å². The second-order valence-corrected chi connectivity index (χ2v) is 3.59. The van der Waals surface area contributed by atoms with Gasteiger partial charge in [0.2, 0.25) is 11.8 Å². The molecule has 0 radical (unpaired) electrons. The molecule has 0 unspecified atom stereocenters. The Morgan fingerprint density at radius 2 is 1.81 bits per heavy atom. The van der Waals surface area contributed by atoms with Crippen molar-refractivity contribution in [3.8, 4) is 0 Å². The van der Waals surface area contributed by atoms with E-state index >= 15 is 0 Å². The molecule has 0 atom stereocenters. The molecule has 16 heavy (non-hydrogen) atoms. The lowest BCUT2D eigenvalue weighted by atomic mass is 10.4. The summed E-state index contributed by atoms with van der Waals surface area (Å²) < 4.78 is 10.4. The van der Waals surface area contributed by atoms with Crippen LogP contribution in [-0.4, -0.2) is 15.1 Å². The lowest BCUT2D eigenvalue weighted by Crippen LogP contribution is -2.13. The van der Waals surface area contributed by atoms with Crippen LogP contribution in [0.15, 0.2) is 8.94 Å². The predicted molar refractivity (Wildman–Crippen MR) is 55.6 cm³/mol. The van der Waals surface area contributed by atoms with Crippen LogP contribution >= 0.6 is 0 Å². The summed E-state index contributed by atoms with van der Waals surface area (Å²) in [5.74, 6) is 2.73. The van der Waals surface area contributed by atoms with E-state index in [1.54, 1.807) is 6.92 Å². The molecule has 0 spiro atoms. The van der Waals surface area contributed by atoms with Gasteiger partial charge >= 0.3 is 0 Å². The molecule has 1 N–H and O–H groups in total. The number of nitrogens with zero attached hydrogens (tertiary/aromatic N) is 3. The van der Waals surface area contributed by atoms with E-state index in [-0.39, 0.29) is 0 Å². The Hall–Kier alpha value is -1.69. The highest BCUT2D eigenvalue weighted by atomic mass is 16.5. The van der Waals surface area contributed by atoms with Crippen molar-refractivity contribution < 1.29 is 8.94 Å². The van der Waals surface area contributed by atoms with Crippen LogP contribution in [0.3, 0.4) is 0 Å². The Balaban J connectivity index is 1.84. The zero-order valence-corrected chi connectivity index (χ0v) is 9.57. The first kappa shape index (κ1) is 10.8. The number of aromatic nitrogens is 3. The lowest BCUT2D eigenvalue weighted by molar-refractivity contribution is 0.358. The van der Waals surface area contributed by atoms with Gasteiger partial charge in [0.05, 0.1) is 18.8 Å². The van der Waals surface area contributed by atoms with Crippen molar-refractivity contribution in [3.05, 3.63) is 29.1 Å². The summed E-state index contributed by atoms with van der Waals surface area (Å²) in [7, 11) is 0. The van der Waals surface area contributed by atoms with Crippen LogP contribution in [0.4, 0.5) is 0 Å². The maximum atomic E-state index is 5.42. The molecule has 0 aliphatic rings. The number of rotatable bonds is 4. The quantitative estimate of drug-likeness (QED) is 0.839. The second-order valence-electron chi connectivity index (χ2n) is 3.59. The fourth-order valence-corrected chi connectivity index (χ4v) is 1.30. The molecule has 86 valence electrons. The van der Waals surface area contributed by atoms with Gasteiger partial charge in [0, 0.05) is 0 Å². The summed E-state index contributed by atoms with van der Waals surface area (Å²) in [6.07, 6.45) is 0. The van der Waals surface area contributed by atoms with Crippen LogP contribution in [0, 0.1) is 20.8 Å². The van der Waals surface area contributed by atoms with E-state index in [1.807, 2.05) is 13.8 Å². The molecule has 2 heterocycles. The van der Waals surface area contributed by atoms with E-state index in [1.165, 1.54) is 0 Å². The Bertz CT molecular complexity index is 455. The standard InChI is InChI=1S/C10H14N4O2/c1-6-7(2)15-9(12-6)4-11-5-10-13-8(3)14-16-10/h11H,4-5H2,1-3H3. The number of aryl methyl sites for hydroxylation is 3. The third-order valence-corrected chi connectivity index (χ3v) is 2.19.